The van der Waals surface area contributed by atoms with Crippen LogP contribution in [0.1, 0.15) is 46.6 Å². The quantitative estimate of drug-likeness (QED) is 0.157. The van der Waals surface area contributed by atoms with E-state index in [2.05, 4.69) is 235 Å². The number of para-hydroxylation sites is 2. The van der Waals surface area contributed by atoms with Crippen LogP contribution >= 0.6 is 11.3 Å². The first-order chi connectivity index (χ1) is 36.6. The van der Waals surface area contributed by atoms with Gasteiger partial charge in [0.25, 0.3) is 0 Å². The van der Waals surface area contributed by atoms with Gasteiger partial charge in [-0.3, -0.25) is 0 Å². The SMILES string of the molecule is CC(c1ccccc1)C1Cc2ccccc2-c2cccc(-c3ncc(CNCc4c(-n5c6ccccc6c6cc7ccccc7cc65)ccc5c4oc4ccccc45)c(-c4cccc5c4sc4ccccc45)n3)c21. The molecule has 1 N–H and O–H groups in total. The molecule has 5 nitrogen and oxygen atoms in total. The molecule has 0 saturated carbocycles. The highest BCUT2D eigenvalue weighted by Gasteiger charge is 2.33. The highest BCUT2D eigenvalue weighted by Crippen LogP contribution is 2.50. The monoisotopic (exact) mass is 968 g/mol. The Bertz CT molecular complexity index is 4540. The van der Waals surface area contributed by atoms with E-state index in [9.17, 15) is 0 Å². The standard InChI is InChI=1S/C68H48N4OS/c1-41(42-17-3-2-4-18-42)56-36-45-21-7-8-22-47(45)51-26-15-28-54(64(51)56)68-70-39-46(65(71-68)55-29-16-27-53-50-25-11-14-32-63(50)74-67(53)55)38-69-40-58-60(34-33-52-49-24-10-13-31-62(49)73-66(52)58)72-59-30-12-9-23-48(59)57-35-43-19-5-6-20-44(43)37-61(57)72/h2-35,37,39,41,56,69H,36,38,40H2,1H3. The molecule has 4 heterocycles. The summed E-state index contributed by atoms with van der Waals surface area (Å²) in [5.74, 6) is 1.24. The van der Waals surface area contributed by atoms with Crippen LogP contribution < -0.4 is 5.32 Å². The van der Waals surface area contributed by atoms with E-state index in [0.29, 0.717) is 13.1 Å². The smallest absolute Gasteiger partial charge is 0.160 e. The molecule has 6 heteroatoms. The minimum Gasteiger partial charge on any atom is -0.456 e. The van der Waals surface area contributed by atoms with E-state index in [4.69, 9.17) is 14.4 Å². The molecule has 352 valence electrons. The van der Waals surface area contributed by atoms with Crippen LogP contribution in [0.2, 0.25) is 0 Å². The van der Waals surface area contributed by atoms with Crippen LogP contribution in [0.4, 0.5) is 0 Å². The molecule has 0 bridgehead atoms. The number of thiophene rings is 1. The second-order valence-corrected chi connectivity index (χ2v) is 21.0. The zero-order chi connectivity index (χ0) is 48.9. The molecule has 0 saturated heterocycles. The summed E-state index contributed by atoms with van der Waals surface area (Å²) in [6, 6.07) is 77.2. The van der Waals surface area contributed by atoms with Crippen LogP contribution in [-0.2, 0) is 19.5 Å². The van der Waals surface area contributed by atoms with E-state index in [1.165, 1.54) is 69.5 Å². The van der Waals surface area contributed by atoms with Crippen molar-refractivity contribution in [2.24, 2.45) is 0 Å². The van der Waals surface area contributed by atoms with E-state index >= 15 is 0 Å². The van der Waals surface area contributed by atoms with Gasteiger partial charge in [-0.1, -0.05) is 177 Å². The molecule has 0 amide bonds. The van der Waals surface area contributed by atoms with Crippen molar-refractivity contribution in [2.75, 3.05) is 0 Å². The fourth-order valence-electron chi connectivity index (χ4n) is 12.4. The number of nitrogens with zero attached hydrogens (tertiary/aromatic N) is 3. The van der Waals surface area contributed by atoms with E-state index in [1.807, 2.05) is 11.3 Å². The summed E-state index contributed by atoms with van der Waals surface area (Å²) in [7, 11) is 0. The number of hydrogen-bond acceptors (Lipinski definition) is 5. The summed E-state index contributed by atoms with van der Waals surface area (Å²) >= 11 is 1.84. The molecule has 10 aromatic carbocycles. The summed E-state index contributed by atoms with van der Waals surface area (Å²) in [6.07, 6.45) is 3.03. The molecule has 0 aliphatic heterocycles. The fraction of sp³-hybridized carbons (Fsp3) is 0.0882. The molecule has 14 aromatic rings. The van der Waals surface area contributed by atoms with E-state index in [0.717, 1.165) is 78.9 Å². The maximum absolute atomic E-state index is 6.90. The molecule has 15 rings (SSSR count). The van der Waals surface area contributed by atoms with Gasteiger partial charge in [-0.05, 0) is 99.3 Å². The first-order valence-corrected chi connectivity index (χ1v) is 26.5. The summed E-state index contributed by atoms with van der Waals surface area (Å²) < 4.78 is 11.8. The Morgan fingerprint density at radius 2 is 1.28 bits per heavy atom. The Kier molecular flexibility index (Phi) is 10.0. The molecule has 1 aliphatic carbocycles. The largest absolute Gasteiger partial charge is 0.456 e. The Morgan fingerprint density at radius 3 is 2.19 bits per heavy atom. The van der Waals surface area contributed by atoms with Gasteiger partial charge in [0.15, 0.2) is 5.82 Å². The van der Waals surface area contributed by atoms with E-state index in [1.54, 1.807) is 0 Å². The average Bonchev–Trinajstić information content (AvgIpc) is 4.14. The normalized spacial score (nSPS) is 13.9. The molecule has 2 atom stereocenters. The van der Waals surface area contributed by atoms with Gasteiger partial charge in [-0.25, -0.2) is 9.97 Å². The van der Waals surface area contributed by atoms with Crippen molar-refractivity contribution in [3.05, 3.63) is 246 Å². The summed E-state index contributed by atoms with van der Waals surface area (Å²) in [6.45, 7) is 3.45. The molecule has 0 fully saturated rings. The number of benzene rings is 10. The Hall–Kier alpha value is -8.68. The van der Waals surface area contributed by atoms with Gasteiger partial charge in [0, 0.05) is 83.3 Å². The van der Waals surface area contributed by atoms with Crippen molar-refractivity contribution in [1.82, 2.24) is 19.9 Å². The van der Waals surface area contributed by atoms with Crippen LogP contribution in [0.15, 0.2) is 223 Å². The Labute approximate surface area is 432 Å². The maximum atomic E-state index is 6.90. The molecule has 2 unspecified atom stereocenters. The topological polar surface area (TPSA) is 55.9 Å². The van der Waals surface area contributed by atoms with Crippen molar-refractivity contribution in [1.29, 1.82) is 0 Å². The third kappa shape index (κ3) is 6.79. The van der Waals surface area contributed by atoms with Crippen LogP contribution in [0.5, 0.6) is 0 Å². The molecular weight excluding hydrogens is 921 g/mol. The van der Waals surface area contributed by atoms with Gasteiger partial charge in [0.2, 0.25) is 0 Å². The van der Waals surface area contributed by atoms with Crippen molar-refractivity contribution in [3.8, 4) is 39.5 Å². The molecular formula is C68H48N4OS. The van der Waals surface area contributed by atoms with Crippen LogP contribution in [0.25, 0.3) is 114 Å². The van der Waals surface area contributed by atoms with E-state index in [-0.39, 0.29) is 11.8 Å². The lowest BCUT2D eigenvalue weighted by Gasteiger charge is -2.34. The van der Waals surface area contributed by atoms with Crippen molar-refractivity contribution >= 4 is 86.0 Å². The Balaban J connectivity index is 0.894. The van der Waals surface area contributed by atoms with Gasteiger partial charge in [0.1, 0.15) is 11.2 Å². The number of hydrogen-bond donors (Lipinski definition) is 1. The number of fused-ring (bicyclic) bond motifs is 13. The Morgan fingerprint density at radius 1 is 0.581 bits per heavy atom. The van der Waals surface area contributed by atoms with Gasteiger partial charge < -0.3 is 14.3 Å². The number of nitrogens with one attached hydrogen (secondary N) is 1. The molecule has 0 radical (unpaired) electrons. The third-order valence-electron chi connectivity index (χ3n) is 15.9. The predicted molar refractivity (Wildman–Crippen MR) is 309 cm³/mol. The van der Waals surface area contributed by atoms with Crippen LogP contribution in [-0.4, -0.2) is 14.5 Å². The molecule has 4 aromatic heterocycles. The average molecular weight is 969 g/mol. The minimum absolute atomic E-state index is 0.223. The lowest BCUT2D eigenvalue weighted by molar-refractivity contribution is 0.569. The summed E-state index contributed by atoms with van der Waals surface area (Å²) in [5, 5.41) is 13.6. The molecule has 1 aliphatic rings. The number of rotatable bonds is 9. The van der Waals surface area contributed by atoms with Gasteiger partial charge >= 0.3 is 0 Å². The highest BCUT2D eigenvalue weighted by molar-refractivity contribution is 7.26. The second kappa shape index (κ2) is 17.2. The third-order valence-corrected chi connectivity index (χ3v) is 17.2. The maximum Gasteiger partial charge on any atom is 0.160 e. The van der Waals surface area contributed by atoms with Gasteiger partial charge in [0.05, 0.1) is 22.4 Å². The lowest BCUT2D eigenvalue weighted by atomic mass is 9.70. The first-order valence-electron chi connectivity index (χ1n) is 25.7. The molecule has 74 heavy (non-hydrogen) atoms. The van der Waals surface area contributed by atoms with E-state index < -0.39 is 0 Å². The zero-order valence-corrected chi connectivity index (χ0v) is 41.5. The lowest BCUT2D eigenvalue weighted by Crippen LogP contribution is -2.19. The highest BCUT2D eigenvalue weighted by atomic mass is 32.1. The predicted octanol–water partition coefficient (Wildman–Crippen LogP) is 17.7. The van der Waals surface area contributed by atoms with Crippen molar-refractivity contribution < 1.29 is 4.42 Å². The number of aromatic nitrogens is 3. The van der Waals surface area contributed by atoms with Crippen molar-refractivity contribution in [2.45, 2.75) is 38.3 Å². The van der Waals surface area contributed by atoms with Crippen molar-refractivity contribution in [3.63, 3.8) is 0 Å². The zero-order valence-electron chi connectivity index (χ0n) is 40.7. The van der Waals surface area contributed by atoms with Crippen LogP contribution in [0.3, 0.4) is 0 Å². The minimum atomic E-state index is 0.223. The van der Waals surface area contributed by atoms with Gasteiger partial charge in [-0.2, -0.15) is 0 Å². The number of furan rings is 1. The summed E-state index contributed by atoms with van der Waals surface area (Å²) in [5.41, 5.74) is 17.1. The molecule has 0 spiro atoms. The first kappa shape index (κ1) is 43.0. The summed E-state index contributed by atoms with van der Waals surface area (Å²) in [4.78, 5) is 11.1. The van der Waals surface area contributed by atoms with Crippen LogP contribution in [0, 0.1) is 0 Å². The second-order valence-electron chi connectivity index (χ2n) is 20.0. The van der Waals surface area contributed by atoms with Gasteiger partial charge in [-0.15, -0.1) is 11.3 Å². The fourth-order valence-corrected chi connectivity index (χ4v) is 13.6.